The topological polar surface area (TPSA) is 228 Å². The van der Waals surface area contributed by atoms with Crippen molar-refractivity contribution in [1.29, 1.82) is 0 Å². The van der Waals surface area contributed by atoms with Gasteiger partial charge in [0.15, 0.2) is 12.6 Å². The molecule has 2 aliphatic rings. The molecule has 0 radical (unpaired) electrons. The normalized spacial score (nSPS) is 22.5. The van der Waals surface area contributed by atoms with Gasteiger partial charge in [-0.1, -0.05) is 352 Å². The number of hydrogen-bond donors (Lipinski definition) is 9. The van der Waals surface area contributed by atoms with Crippen molar-refractivity contribution >= 4 is 5.91 Å². The van der Waals surface area contributed by atoms with Gasteiger partial charge in [-0.15, -0.1) is 0 Å². The number of amides is 1. The molecule has 95 heavy (non-hydrogen) atoms. The number of ether oxygens (including phenoxy) is 4. The lowest BCUT2D eigenvalue weighted by Gasteiger charge is -2.46. The first-order chi connectivity index (χ1) is 46.6. The van der Waals surface area contributed by atoms with E-state index < -0.39 is 86.8 Å². The van der Waals surface area contributed by atoms with Crippen LogP contribution >= 0.6 is 0 Å². The van der Waals surface area contributed by atoms with Crippen LogP contribution in [0.2, 0.25) is 0 Å². The van der Waals surface area contributed by atoms with Crippen LogP contribution in [0.4, 0.5) is 0 Å². The lowest BCUT2D eigenvalue weighted by molar-refractivity contribution is -0.359. The van der Waals surface area contributed by atoms with Crippen LogP contribution in [0, 0.1) is 0 Å². The average Bonchev–Trinajstić information content (AvgIpc) is 0.801. The third-order valence-electron chi connectivity index (χ3n) is 20.0. The first-order valence-electron chi connectivity index (χ1n) is 40.7. The predicted molar refractivity (Wildman–Crippen MR) is 392 cm³/mol. The molecule has 14 nitrogen and oxygen atoms in total. The molecule has 9 N–H and O–H groups in total. The van der Waals surface area contributed by atoms with Crippen LogP contribution in [0.5, 0.6) is 0 Å². The van der Waals surface area contributed by atoms with E-state index in [0.717, 1.165) is 32.1 Å². The van der Waals surface area contributed by atoms with Gasteiger partial charge in [-0.2, -0.15) is 0 Å². The Kier molecular flexibility index (Phi) is 61.6. The van der Waals surface area contributed by atoms with E-state index in [1.54, 1.807) is 6.08 Å². The zero-order valence-corrected chi connectivity index (χ0v) is 61.4. The summed E-state index contributed by atoms with van der Waals surface area (Å²) in [6.07, 6.45) is 69.5. The highest BCUT2D eigenvalue weighted by atomic mass is 16.7. The van der Waals surface area contributed by atoms with Crippen molar-refractivity contribution in [3.05, 3.63) is 36.5 Å². The van der Waals surface area contributed by atoms with E-state index >= 15 is 0 Å². The van der Waals surface area contributed by atoms with Gasteiger partial charge in [0.1, 0.15) is 48.8 Å². The Bertz CT molecular complexity index is 1730. The summed E-state index contributed by atoms with van der Waals surface area (Å²) in [4.78, 5) is 13.4. The van der Waals surface area contributed by atoms with E-state index in [9.17, 15) is 45.6 Å². The summed E-state index contributed by atoms with van der Waals surface area (Å²) in [6, 6.07) is -0.932. The van der Waals surface area contributed by atoms with Crippen molar-refractivity contribution in [2.24, 2.45) is 0 Å². The van der Waals surface area contributed by atoms with E-state index in [1.165, 1.54) is 315 Å². The van der Waals surface area contributed by atoms with Crippen LogP contribution < -0.4 is 5.32 Å². The van der Waals surface area contributed by atoms with Crippen molar-refractivity contribution in [2.45, 2.75) is 453 Å². The van der Waals surface area contributed by atoms with Crippen LogP contribution in [0.15, 0.2) is 36.5 Å². The monoisotopic (exact) mass is 1350 g/mol. The molecular formula is C81H153NO13. The minimum absolute atomic E-state index is 0.241. The van der Waals surface area contributed by atoms with E-state index in [1.807, 2.05) is 6.08 Å². The van der Waals surface area contributed by atoms with Crippen molar-refractivity contribution in [3.8, 4) is 0 Å². The zero-order valence-electron chi connectivity index (χ0n) is 61.4. The molecule has 0 spiro atoms. The molecule has 0 bridgehead atoms. The number of carbonyl (C=O) groups excluding carboxylic acids is 1. The highest BCUT2D eigenvalue weighted by molar-refractivity contribution is 5.76. The number of rotatable bonds is 69. The quantitative estimate of drug-likeness (QED) is 0.0204. The summed E-state index contributed by atoms with van der Waals surface area (Å²) in [6.45, 7) is 2.85. The van der Waals surface area contributed by atoms with Gasteiger partial charge in [0.2, 0.25) is 5.91 Å². The maximum atomic E-state index is 13.4. The van der Waals surface area contributed by atoms with Gasteiger partial charge in [-0.3, -0.25) is 4.79 Å². The Morgan fingerprint density at radius 2 is 0.674 bits per heavy atom. The molecule has 14 heteroatoms. The first kappa shape index (κ1) is 89.3. The minimum Gasteiger partial charge on any atom is -0.394 e. The number of aliphatic hydroxyl groups is 8. The maximum absolute atomic E-state index is 13.4. The fourth-order valence-corrected chi connectivity index (χ4v) is 13.6. The van der Waals surface area contributed by atoms with Gasteiger partial charge in [0, 0.05) is 6.42 Å². The van der Waals surface area contributed by atoms with Crippen molar-refractivity contribution in [3.63, 3.8) is 0 Å². The molecule has 2 fully saturated rings. The maximum Gasteiger partial charge on any atom is 0.220 e. The second-order valence-corrected chi connectivity index (χ2v) is 28.9. The second-order valence-electron chi connectivity index (χ2n) is 28.9. The smallest absolute Gasteiger partial charge is 0.220 e. The number of hydrogen-bond acceptors (Lipinski definition) is 13. The summed E-state index contributed by atoms with van der Waals surface area (Å²) in [5.74, 6) is -0.241. The van der Waals surface area contributed by atoms with E-state index in [2.05, 4.69) is 43.5 Å². The second kappa shape index (κ2) is 65.5. The molecule has 560 valence electrons. The molecule has 0 aromatic rings. The van der Waals surface area contributed by atoms with Crippen molar-refractivity contribution in [1.82, 2.24) is 5.32 Å². The van der Waals surface area contributed by atoms with E-state index in [0.29, 0.717) is 12.8 Å². The van der Waals surface area contributed by atoms with Gasteiger partial charge < -0.3 is 65.1 Å². The number of unbranched alkanes of at least 4 members (excludes halogenated alkanes) is 52. The Balaban J connectivity index is 1.62. The van der Waals surface area contributed by atoms with Crippen LogP contribution in [0.1, 0.15) is 380 Å². The molecule has 12 unspecified atom stereocenters. The molecule has 0 aromatic carbocycles. The number of nitrogens with one attached hydrogen (secondary N) is 1. The lowest BCUT2D eigenvalue weighted by Crippen LogP contribution is -2.65. The zero-order chi connectivity index (χ0) is 68.7. The SMILES string of the molecule is CCCCCCCCCC/C=C\CCCCCCCCCCCCCCCCCCCCCCCC(=O)NC(COC1OC(CO)C(OC2OC(CO)C(O)C(O)C2O)C(O)C1O)C(O)/C=C/CC/C=C/CCCCCCCCCCCCCCCCCCCCCCCC. The highest BCUT2D eigenvalue weighted by Crippen LogP contribution is 2.30. The van der Waals surface area contributed by atoms with Gasteiger partial charge in [-0.25, -0.2) is 0 Å². The first-order valence-corrected chi connectivity index (χ1v) is 40.7. The summed E-state index contributed by atoms with van der Waals surface area (Å²) in [5, 5.41) is 87.7. The van der Waals surface area contributed by atoms with Gasteiger partial charge in [0.05, 0.1) is 32.0 Å². The molecule has 0 aliphatic carbocycles. The predicted octanol–water partition coefficient (Wildman–Crippen LogP) is 18.4. The summed E-state index contributed by atoms with van der Waals surface area (Å²) >= 11 is 0. The highest BCUT2D eigenvalue weighted by Gasteiger charge is 2.51. The number of aliphatic hydroxyl groups excluding tert-OH is 8. The molecule has 1 amide bonds. The molecule has 2 rings (SSSR count). The van der Waals surface area contributed by atoms with Crippen molar-refractivity contribution in [2.75, 3.05) is 19.8 Å². The Hall–Kier alpha value is -1.79. The van der Waals surface area contributed by atoms with Gasteiger partial charge in [-0.05, 0) is 57.8 Å². The average molecular weight is 1350 g/mol. The lowest BCUT2D eigenvalue weighted by atomic mass is 9.97. The third-order valence-corrected chi connectivity index (χ3v) is 20.0. The molecule has 2 heterocycles. The standard InChI is InChI=1S/C81H153NO13/c1-3-5-7-9-11-13-15-17-19-21-23-25-27-29-31-33-34-35-36-37-39-41-43-45-47-49-51-53-55-57-59-61-63-65-73(86)82-69(68-92-80-78(91)76(89)79(72(67-84)94-80)95-81-77(90)75(88)74(87)71(66-83)93-81)70(85)64-62-60-58-56-54-52-50-48-46-44-42-40-38-32-30-28-26-24-22-20-18-16-14-12-10-8-6-4-2/h21,23,54,56,62,64,69-72,74-81,83-85,87-91H,3-20,22,24-53,55,57-61,63,65-68H2,1-2H3,(H,82,86)/b23-21-,56-54+,64-62+. The number of carbonyl (C=O) groups is 1. The summed E-state index contributed by atoms with van der Waals surface area (Å²) < 4.78 is 22.9. The van der Waals surface area contributed by atoms with E-state index in [4.69, 9.17) is 18.9 Å². The van der Waals surface area contributed by atoms with Crippen LogP contribution in [0.3, 0.4) is 0 Å². The largest absolute Gasteiger partial charge is 0.394 e. The molecule has 0 saturated carbocycles. The Labute approximate surface area is 582 Å². The third kappa shape index (κ3) is 48.6. The fraction of sp³-hybridized carbons (Fsp3) is 0.914. The van der Waals surface area contributed by atoms with E-state index in [-0.39, 0.29) is 18.9 Å². The summed E-state index contributed by atoms with van der Waals surface area (Å²) in [7, 11) is 0. The van der Waals surface area contributed by atoms with Crippen LogP contribution in [0.25, 0.3) is 0 Å². The Morgan fingerprint density at radius 3 is 1.03 bits per heavy atom. The summed E-state index contributed by atoms with van der Waals surface area (Å²) in [5.41, 5.74) is 0. The fourth-order valence-electron chi connectivity index (χ4n) is 13.6. The van der Waals surface area contributed by atoms with Crippen LogP contribution in [-0.2, 0) is 23.7 Å². The number of allylic oxidation sites excluding steroid dienone is 5. The Morgan fingerprint density at radius 1 is 0.368 bits per heavy atom. The molecule has 0 aromatic heterocycles. The van der Waals surface area contributed by atoms with Crippen molar-refractivity contribution < 1.29 is 64.6 Å². The van der Waals surface area contributed by atoms with Gasteiger partial charge in [0.25, 0.3) is 0 Å². The molecule has 2 aliphatic heterocycles. The van der Waals surface area contributed by atoms with Crippen LogP contribution in [-0.4, -0.2) is 140 Å². The van der Waals surface area contributed by atoms with Gasteiger partial charge >= 0.3 is 0 Å². The minimum atomic E-state index is -1.79. The molecule has 12 atom stereocenters. The molecular weight excluding hydrogens is 1190 g/mol. The molecule has 2 saturated heterocycles.